The van der Waals surface area contributed by atoms with Crippen LogP contribution in [0.3, 0.4) is 0 Å². The number of ether oxygens (including phenoxy) is 2. The fourth-order valence-corrected chi connectivity index (χ4v) is 2.69. The molecule has 0 aromatic heterocycles. The fraction of sp³-hybridized carbons (Fsp3) is 0.364. The summed E-state index contributed by atoms with van der Waals surface area (Å²) in [5.41, 5.74) is 1.52. The van der Waals surface area contributed by atoms with Crippen LogP contribution < -0.4 is 20.1 Å². The standard InChI is InChI=1S/C22H28N2O4/c1-15-7-6-8-17(13-15)24-21(26)22(2,3)20(25)23-12-11-16-9-10-18(27-4)19(14-16)28-5/h6-10,13-14H,11-12H2,1-5H3,(H,23,25)(H,24,26). The zero-order valence-corrected chi connectivity index (χ0v) is 17.1. The molecule has 2 aromatic rings. The highest BCUT2D eigenvalue weighted by Crippen LogP contribution is 2.27. The van der Waals surface area contributed by atoms with E-state index >= 15 is 0 Å². The van der Waals surface area contributed by atoms with Crippen LogP contribution in [0.2, 0.25) is 0 Å². The summed E-state index contributed by atoms with van der Waals surface area (Å²) in [5, 5.41) is 5.65. The molecule has 0 radical (unpaired) electrons. The molecule has 2 amide bonds. The van der Waals surface area contributed by atoms with Crippen molar-refractivity contribution < 1.29 is 19.1 Å². The summed E-state index contributed by atoms with van der Waals surface area (Å²) in [6, 6.07) is 13.1. The lowest BCUT2D eigenvalue weighted by atomic mass is 9.90. The van der Waals surface area contributed by atoms with E-state index in [2.05, 4.69) is 10.6 Å². The number of carbonyl (C=O) groups excluding carboxylic acids is 2. The first-order chi connectivity index (χ1) is 13.3. The summed E-state index contributed by atoms with van der Waals surface area (Å²) in [6.45, 7) is 5.59. The predicted molar refractivity (Wildman–Crippen MR) is 110 cm³/mol. The average Bonchev–Trinajstić information content (AvgIpc) is 2.67. The van der Waals surface area contributed by atoms with Crippen molar-refractivity contribution in [2.45, 2.75) is 27.2 Å². The van der Waals surface area contributed by atoms with Gasteiger partial charge in [-0.3, -0.25) is 9.59 Å². The van der Waals surface area contributed by atoms with Crippen molar-refractivity contribution in [2.24, 2.45) is 5.41 Å². The van der Waals surface area contributed by atoms with Crippen molar-refractivity contribution in [2.75, 3.05) is 26.1 Å². The van der Waals surface area contributed by atoms with Gasteiger partial charge < -0.3 is 20.1 Å². The van der Waals surface area contributed by atoms with E-state index < -0.39 is 5.41 Å². The minimum absolute atomic E-state index is 0.321. The molecule has 0 bridgehead atoms. The van der Waals surface area contributed by atoms with Crippen LogP contribution >= 0.6 is 0 Å². The Hall–Kier alpha value is -3.02. The molecule has 0 saturated carbocycles. The number of aryl methyl sites for hydroxylation is 1. The van der Waals surface area contributed by atoms with Gasteiger partial charge in [0, 0.05) is 12.2 Å². The monoisotopic (exact) mass is 384 g/mol. The van der Waals surface area contributed by atoms with E-state index in [1.54, 1.807) is 34.1 Å². The fourth-order valence-electron chi connectivity index (χ4n) is 2.69. The predicted octanol–water partition coefficient (Wildman–Crippen LogP) is 3.34. The molecule has 0 saturated heterocycles. The summed E-state index contributed by atoms with van der Waals surface area (Å²) in [6.07, 6.45) is 0.613. The van der Waals surface area contributed by atoms with Gasteiger partial charge in [-0.1, -0.05) is 18.2 Å². The molecule has 0 spiro atoms. The summed E-state index contributed by atoms with van der Waals surface area (Å²) in [5.74, 6) is 0.633. The van der Waals surface area contributed by atoms with Crippen LogP contribution in [0.15, 0.2) is 42.5 Å². The van der Waals surface area contributed by atoms with E-state index in [-0.39, 0.29) is 11.8 Å². The minimum atomic E-state index is -1.19. The van der Waals surface area contributed by atoms with Gasteiger partial charge in [0.15, 0.2) is 11.5 Å². The Labute approximate surface area is 166 Å². The SMILES string of the molecule is COc1ccc(CCNC(=O)C(C)(C)C(=O)Nc2cccc(C)c2)cc1OC. The molecule has 6 nitrogen and oxygen atoms in total. The van der Waals surface area contributed by atoms with Gasteiger partial charge in [-0.25, -0.2) is 0 Å². The van der Waals surface area contributed by atoms with Crippen LogP contribution in [0.4, 0.5) is 5.69 Å². The highest BCUT2D eigenvalue weighted by molar-refractivity contribution is 6.09. The Balaban J connectivity index is 1.93. The highest BCUT2D eigenvalue weighted by atomic mass is 16.5. The van der Waals surface area contributed by atoms with Crippen molar-refractivity contribution in [3.05, 3.63) is 53.6 Å². The maximum absolute atomic E-state index is 12.6. The van der Waals surface area contributed by atoms with Crippen molar-refractivity contribution in [1.82, 2.24) is 5.32 Å². The third kappa shape index (κ3) is 5.25. The van der Waals surface area contributed by atoms with E-state index in [1.807, 2.05) is 43.3 Å². The molecule has 0 atom stereocenters. The highest BCUT2D eigenvalue weighted by Gasteiger charge is 2.35. The quantitative estimate of drug-likeness (QED) is 0.685. The number of benzene rings is 2. The molecule has 0 aliphatic heterocycles. The number of hydrogen-bond acceptors (Lipinski definition) is 4. The molecule has 2 aromatic carbocycles. The Morgan fingerprint density at radius 2 is 1.68 bits per heavy atom. The van der Waals surface area contributed by atoms with Crippen molar-refractivity contribution in [1.29, 1.82) is 0 Å². The van der Waals surface area contributed by atoms with Crippen LogP contribution in [-0.4, -0.2) is 32.6 Å². The molecule has 6 heteroatoms. The number of rotatable bonds is 8. The number of anilines is 1. The summed E-state index contributed by atoms with van der Waals surface area (Å²) < 4.78 is 10.5. The number of nitrogens with one attached hydrogen (secondary N) is 2. The third-order valence-electron chi connectivity index (χ3n) is 4.56. The summed E-state index contributed by atoms with van der Waals surface area (Å²) in [4.78, 5) is 25.1. The number of carbonyl (C=O) groups is 2. The molecular weight excluding hydrogens is 356 g/mol. The molecule has 0 fully saturated rings. The normalized spacial score (nSPS) is 10.9. The van der Waals surface area contributed by atoms with Crippen LogP contribution in [0.5, 0.6) is 11.5 Å². The molecule has 2 N–H and O–H groups in total. The Morgan fingerprint density at radius 1 is 0.964 bits per heavy atom. The first kappa shape index (κ1) is 21.3. The van der Waals surface area contributed by atoms with Crippen molar-refractivity contribution >= 4 is 17.5 Å². The smallest absolute Gasteiger partial charge is 0.239 e. The van der Waals surface area contributed by atoms with Gasteiger partial charge in [0.05, 0.1) is 14.2 Å². The molecule has 150 valence electrons. The Morgan fingerprint density at radius 3 is 2.32 bits per heavy atom. The molecule has 0 aliphatic carbocycles. The number of amides is 2. The molecule has 0 aliphatic rings. The second-order valence-electron chi connectivity index (χ2n) is 7.14. The molecular formula is C22H28N2O4. The van der Waals surface area contributed by atoms with Gasteiger partial charge in [-0.2, -0.15) is 0 Å². The minimum Gasteiger partial charge on any atom is -0.493 e. The molecule has 28 heavy (non-hydrogen) atoms. The van der Waals surface area contributed by atoms with Crippen LogP contribution in [-0.2, 0) is 16.0 Å². The first-order valence-corrected chi connectivity index (χ1v) is 9.15. The Bertz CT molecular complexity index is 846. The summed E-state index contributed by atoms with van der Waals surface area (Å²) >= 11 is 0. The average molecular weight is 384 g/mol. The van der Waals surface area contributed by atoms with E-state index in [9.17, 15) is 9.59 Å². The largest absolute Gasteiger partial charge is 0.493 e. The third-order valence-corrected chi connectivity index (χ3v) is 4.56. The van der Waals surface area contributed by atoms with E-state index in [4.69, 9.17) is 9.47 Å². The second-order valence-corrected chi connectivity index (χ2v) is 7.14. The topological polar surface area (TPSA) is 76.7 Å². The number of methoxy groups -OCH3 is 2. The van der Waals surface area contributed by atoms with Gasteiger partial charge in [0.25, 0.3) is 0 Å². The number of hydrogen-bond donors (Lipinski definition) is 2. The zero-order valence-electron chi connectivity index (χ0n) is 17.1. The van der Waals surface area contributed by atoms with Crippen LogP contribution in [0.25, 0.3) is 0 Å². The van der Waals surface area contributed by atoms with E-state index in [1.165, 1.54) is 0 Å². The van der Waals surface area contributed by atoms with Crippen molar-refractivity contribution in [3.8, 4) is 11.5 Å². The van der Waals surface area contributed by atoms with Gasteiger partial charge in [0.1, 0.15) is 5.41 Å². The lowest BCUT2D eigenvalue weighted by molar-refractivity contribution is -0.138. The maximum atomic E-state index is 12.6. The lowest BCUT2D eigenvalue weighted by Crippen LogP contribution is -2.45. The molecule has 2 rings (SSSR count). The summed E-state index contributed by atoms with van der Waals surface area (Å²) in [7, 11) is 3.17. The maximum Gasteiger partial charge on any atom is 0.239 e. The van der Waals surface area contributed by atoms with Gasteiger partial charge in [-0.15, -0.1) is 0 Å². The second kappa shape index (κ2) is 9.26. The van der Waals surface area contributed by atoms with Gasteiger partial charge >= 0.3 is 0 Å². The first-order valence-electron chi connectivity index (χ1n) is 9.15. The zero-order chi connectivity index (χ0) is 20.7. The Kier molecular flexibility index (Phi) is 7.04. The molecule has 0 unspecified atom stereocenters. The van der Waals surface area contributed by atoms with Gasteiger partial charge in [0.2, 0.25) is 11.8 Å². The van der Waals surface area contributed by atoms with Gasteiger partial charge in [-0.05, 0) is 62.6 Å². The molecule has 0 heterocycles. The van der Waals surface area contributed by atoms with E-state index in [0.29, 0.717) is 30.2 Å². The van der Waals surface area contributed by atoms with Crippen molar-refractivity contribution in [3.63, 3.8) is 0 Å². The lowest BCUT2D eigenvalue weighted by Gasteiger charge is -2.23. The van der Waals surface area contributed by atoms with Crippen LogP contribution in [0, 0.1) is 12.3 Å². The van der Waals surface area contributed by atoms with E-state index in [0.717, 1.165) is 11.1 Å². The van der Waals surface area contributed by atoms with Crippen LogP contribution in [0.1, 0.15) is 25.0 Å².